The molecule has 98 valence electrons. The van der Waals surface area contributed by atoms with E-state index < -0.39 is 0 Å². The van der Waals surface area contributed by atoms with E-state index in [1.807, 2.05) is 12.3 Å². The third kappa shape index (κ3) is 2.49. The van der Waals surface area contributed by atoms with Crippen molar-refractivity contribution in [2.75, 3.05) is 5.32 Å². The van der Waals surface area contributed by atoms with Gasteiger partial charge in [0.2, 0.25) is 0 Å². The van der Waals surface area contributed by atoms with Gasteiger partial charge in [-0.05, 0) is 50.0 Å². The molecule has 1 heterocycles. The molecule has 2 saturated carbocycles. The number of hydrogen-bond donors (Lipinski definition) is 1. The van der Waals surface area contributed by atoms with Crippen LogP contribution in [0.15, 0.2) is 18.5 Å². The predicted octanol–water partition coefficient (Wildman–Crippen LogP) is 4.65. The van der Waals surface area contributed by atoms with Gasteiger partial charge in [0, 0.05) is 12.2 Å². The Morgan fingerprint density at radius 3 is 2.56 bits per heavy atom. The highest BCUT2D eigenvalue weighted by Crippen LogP contribution is 2.49. The summed E-state index contributed by atoms with van der Waals surface area (Å²) in [6.45, 7) is 0. The van der Waals surface area contributed by atoms with Gasteiger partial charge >= 0.3 is 0 Å². The van der Waals surface area contributed by atoms with Gasteiger partial charge in [-0.1, -0.05) is 24.4 Å². The lowest BCUT2D eigenvalue weighted by atomic mass is 9.71. The SMILES string of the molecule is Clc1ccncc1NC1CCC2(CCCC2)CC1. The van der Waals surface area contributed by atoms with Gasteiger partial charge < -0.3 is 5.32 Å². The van der Waals surface area contributed by atoms with E-state index in [-0.39, 0.29) is 0 Å². The third-order valence-corrected chi connectivity index (χ3v) is 5.17. The molecule has 0 saturated heterocycles. The van der Waals surface area contributed by atoms with Crippen molar-refractivity contribution >= 4 is 17.3 Å². The number of aromatic nitrogens is 1. The smallest absolute Gasteiger partial charge is 0.0718 e. The lowest BCUT2D eigenvalue weighted by molar-refractivity contribution is 0.188. The molecule has 1 aromatic heterocycles. The van der Waals surface area contributed by atoms with Gasteiger partial charge in [-0.15, -0.1) is 0 Å². The average molecular weight is 265 g/mol. The normalized spacial score (nSPS) is 23.4. The summed E-state index contributed by atoms with van der Waals surface area (Å²) in [7, 11) is 0. The van der Waals surface area contributed by atoms with Crippen molar-refractivity contribution in [2.45, 2.75) is 57.4 Å². The number of halogens is 1. The molecule has 1 aromatic rings. The second kappa shape index (κ2) is 5.08. The summed E-state index contributed by atoms with van der Waals surface area (Å²) in [5.74, 6) is 0. The number of nitrogens with zero attached hydrogens (tertiary/aromatic N) is 1. The Balaban J connectivity index is 1.59. The zero-order valence-corrected chi connectivity index (χ0v) is 11.5. The molecule has 1 N–H and O–H groups in total. The van der Waals surface area contributed by atoms with E-state index in [1.54, 1.807) is 6.20 Å². The fourth-order valence-electron chi connectivity index (χ4n) is 3.70. The summed E-state index contributed by atoms with van der Waals surface area (Å²) in [4.78, 5) is 4.14. The van der Waals surface area contributed by atoms with Crippen molar-refractivity contribution in [1.82, 2.24) is 4.98 Å². The molecule has 0 aromatic carbocycles. The van der Waals surface area contributed by atoms with Crippen molar-refractivity contribution in [2.24, 2.45) is 5.41 Å². The zero-order valence-electron chi connectivity index (χ0n) is 10.8. The molecule has 0 bridgehead atoms. The van der Waals surface area contributed by atoms with Crippen LogP contribution in [0.1, 0.15) is 51.4 Å². The molecule has 3 rings (SSSR count). The number of hydrogen-bond acceptors (Lipinski definition) is 2. The average Bonchev–Trinajstić information content (AvgIpc) is 2.84. The first-order valence-electron chi connectivity index (χ1n) is 7.14. The van der Waals surface area contributed by atoms with Crippen LogP contribution >= 0.6 is 11.6 Å². The van der Waals surface area contributed by atoms with Crippen LogP contribution < -0.4 is 5.32 Å². The van der Waals surface area contributed by atoms with Crippen LogP contribution in [0.2, 0.25) is 5.02 Å². The fourth-order valence-corrected chi connectivity index (χ4v) is 3.86. The van der Waals surface area contributed by atoms with Gasteiger partial charge in [0.05, 0.1) is 16.9 Å². The van der Waals surface area contributed by atoms with E-state index in [1.165, 1.54) is 51.4 Å². The first-order valence-corrected chi connectivity index (χ1v) is 7.51. The van der Waals surface area contributed by atoms with Crippen LogP contribution in [0, 0.1) is 5.41 Å². The van der Waals surface area contributed by atoms with Crippen LogP contribution in [0.25, 0.3) is 0 Å². The highest BCUT2D eigenvalue weighted by molar-refractivity contribution is 6.33. The topological polar surface area (TPSA) is 24.9 Å². The lowest BCUT2D eigenvalue weighted by Gasteiger charge is -2.37. The first-order chi connectivity index (χ1) is 8.77. The van der Waals surface area contributed by atoms with Crippen LogP contribution in [-0.4, -0.2) is 11.0 Å². The van der Waals surface area contributed by atoms with Crippen molar-refractivity contribution in [1.29, 1.82) is 0 Å². The van der Waals surface area contributed by atoms with Gasteiger partial charge in [-0.25, -0.2) is 0 Å². The maximum absolute atomic E-state index is 6.16. The fraction of sp³-hybridized carbons (Fsp3) is 0.667. The van der Waals surface area contributed by atoms with E-state index in [4.69, 9.17) is 11.6 Å². The van der Waals surface area contributed by atoms with Crippen LogP contribution in [0.5, 0.6) is 0 Å². The minimum absolute atomic E-state index is 0.581. The van der Waals surface area contributed by atoms with E-state index in [2.05, 4.69) is 10.3 Å². The van der Waals surface area contributed by atoms with Gasteiger partial charge in [0.25, 0.3) is 0 Å². The number of rotatable bonds is 2. The van der Waals surface area contributed by atoms with Crippen molar-refractivity contribution in [3.63, 3.8) is 0 Å². The third-order valence-electron chi connectivity index (χ3n) is 4.84. The van der Waals surface area contributed by atoms with Crippen LogP contribution in [-0.2, 0) is 0 Å². The van der Waals surface area contributed by atoms with E-state index in [0.717, 1.165) is 10.7 Å². The Morgan fingerprint density at radius 2 is 1.89 bits per heavy atom. The number of anilines is 1. The molecule has 0 atom stereocenters. The van der Waals surface area contributed by atoms with E-state index in [9.17, 15) is 0 Å². The molecule has 0 amide bonds. The number of nitrogens with one attached hydrogen (secondary N) is 1. The molecule has 2 fully saturated rings. The predicted molar refractivity (Wildman–Crippen MR) is 76.0 cm³/mol. The van der Waals surface area contributed by atoms with Crippen molar-refractivity contribution in [3.05, 3.63) is 23.5 Å². The Morgan fingerprint density at radius 1 is 1.17 bits per heavy atom. The quantitative estimate of drug-likeness (QED) is 0.841. The standard InChI is InChI=1S/C15H21ClN2/c16-13-5-10-17-11-14(13)18-12-3-8-15(9-4-12)6-1-2-7-15/h5,10-12,18H,1-4,6-9H2. The molecule has 0 radical (unpaired) electrons. The second-order valence-corrected chi connectivity index (χ2v) is 6.39. The van der Waals surface area contributed by atoms with Gasteiger partial charge in [0.1, 0.15) is 0 Å². The van der Waals surface area contributed by atoms with Gasteiger partial charge in [-0.2, -0.15) is 0 Å². The lowest BCUT2D eigenvalue weighted by Crippen LogP contribution is -2.31. The molecule has 3 heteroatoms. The Labute approximate surface area is 114 Å². The van der Waals surface area contributed by atoms with Crippen LogP contribution in [0.4, 0.5) is 5.69 Å². The molecule has 0 unspecified atom stereocenters. The van der Waals surface area contributed by atoms with E-state index >= 15 is 0 Å². The molecule has 18 heavy (non-hydrogen) atoms. The molecule has 2 aliphatic rings. The number of pyridine rings is 1. The van der Waals surface area contributed by atoms with Crippen LogP contribution in [0.3, 0.4) is 0 Å². The summed E-state index contributed by atoms with van der Waals surface area (Å²) in [6.07, 6.45) is 14.8. The maximum Gasteiger partial charge on any atom is 0.0718 e. The minimum Gasteiger partial charge on any atom is -0.380 e. The minimum atomic E-state index is 0.581. The Kier molecular flexibility index (Phi) is 3.47. The molecule has 1 spiro atoms. The highest BCUT2D eigenvalue weighted by atomic mass is 35.5. The molecular weight excluding hydrogens is 244 g/mol. The maximum atomic E-state index is 6.16. The van der Waals surface area contributed by atoms with Gasteiger partial charge in [-0.3, -0.25) is 4.98 Å². The monoisotopic (exact) mass is 264 g/mol. The summed E-state index contributed by atoms with van der Waals surface area (Å²) in [5.41, 5.74) is 1.70. The summed E-state index contributed by atoms with van der Waals surface area (Å²) in [6, 6.07) is 2.43. The summed E-state index contributed by atoms with van der Waals surface area (Å²) >= 11 is 6.16. The summed E-state index contributed by atoms with van der Waals surface area (Å²) < 4.78 is 0. The Hall–Kier alpha value is -0.760. The van der Waals surface area contributed by atoms with Crippen molar-refractivity contribution < 1.29 is 0 Å². The second-order valence-electron chi connectivity index (χ2n) is 5.98. The molecule has 2 nitrogen and oxygen atoms in total. The van der Waals surface area contributed by atoms with Gasteiger partial charge in [0.15, 0.2) is 0 Å². The molecule has 0 aliphatic heterocycles. The van der Waals surface area contributed by atoms with Crippen molar-refractivity contribution in [3.8, 4) is 0 Å². The molecule has 2 aliphatic carbocycles. The molecular formula is C15H21ClN2. The largest absolute Gasteiger partial charge is 0.380 e. The Bertz CT molecular complexity index is 403. The first kappa shape index (κ1) is 12.3. The highest BCUT2D eigenvalue weighted by Gasteiger charge is 2.37. The summed E-state index contributed by atoms with van der Waals surface area (Å²) in [5, 5.41) is 4.34. The van der Waals surface area contributed by atoms with E-state index in [0.29, 0.717) is 11.5 Å². The zero-order chi connectivity index (χ0) is 12.4.